The van der Waals surface area contributed by atoms with Gasteiger partial charge in [-0.1, -0.05) is 18.2 Å². The van der Waals surface area contributed by atoms with Gasteiger partial charge in [0.1, 0.15) is 0 Å². The number of primary amides is 1. The molecular formula is C12H12N2O3S. The smallest absolute Gasteiger partial charge is 0.309 e. The summed E-state index contributed by atoms with van der Waals surface area (Å²) in [4.78, 5) is 21.5. The van der Waals surface area contributed by atoms with Crippen molar-refractivity contribution in [2.45, 2.75) is 6.10 Å². The maximum atomic E-state index is 11.0. The maximum Gasteiger partial charge on any atom is 0.309 e. The Balaban J connectivity index is 2.11. The number of nitrogens with one attached hydrogen (secondary N) is 1. The molecule has 1 heterocycles. The van der Waals surface area contributed by atoms with E-state index in [2.05, 4.69) is 5.32 Å². The third-order valence-corrected chi connectivity index (χ3v) is 3.53. The zero-order chi connectivity index (χ0) is 13.1. The van der Waals surface area contributed by atoms with E-state index in [4.69, 9.17) is 5.73 Å². The maximum absolute atomic E-state index is 11.0. The van der Waals surface area contributed by atoms with Crippen molar-refractivity contribution in [2.75, 3.05) is 6.54 Å². The van der Waals surface area contributed by atoms with Gasteiger partial charge in [-0.3, -0.25) is 9.59 Å². The Bertz CT molecular complexity index is 594. The highest BCUT2D eigenvalue weighted by Crippen LogP contribution is 2.29. The van der Waals surface area contributed by atoms with Crippen LogP contribution in [0.25, 0.3) is 10.1 Å². The molecule has 0 bridgehead atoms. The fourth-order valence-corrected chi connectivity index (χ4v) is 2.65. The first-order chi connectivity index (χ1) is 8.59. The van der Waals surface area contributed by atoms with Crippen LogP contribution in [0.4, 0.5) is 0 Å². The van der Waals surface area contributed by atoms with E-state index in [1.54, 1.807) is 0 Å². The number of carbonyl (C=O) groups is 2. The molecule has 2 aromatic rings. The van der Waals surface area contributed by atoms with Crippen LogP contribution in [0.5, 0.6) is 0 Å². The van der Waals surface area contributed by atoms with Crippen molar-refractivity contribution < 1.29 is 14.7 Å². The lowest BCUT2D eigenvalue weighted by molar-refractivity contribution is -0.137. The zero-order valence-electron chi connectivity index (χ0n) is 9.42. The van der Waals surface area contributed by atoms with Crippen molar-refractivity contribution in [1.29, 1.82) is 0 Å². The van der Waals surface area contributed by atoms with E-state index in [1.807, 2.05) is 29.6 Å². The molecule has 0 spiro atoms. The predicted molar refractivity (Wildman–Crippen MR) is 69.0 cm³/mol. The summed E-state index contributed by atoms with van der Waals surface area (Å²) in [5.74, 6) is -1.95. The number of hydrogen-bond acceptors (Lipinski definition) is 4. The molecule has 18 heavy (non-hydrogen) atoms. The lowest BCUT2D eigenvalue weighted by Crippen LogP contribution is -2.38. The van der Waals surface area contributed by atoms with Crippen LogP contribution in [-0.4, -0.2) is 23.5 Å². The summed E-state index contributed by atoms with van der Waals surface area (Å²) >= 11 is 1.52. The van der Waals surface area contributed by atoms with Gasteiger partial charge < -0.3 is 16.2 Å². The topological polar surface area (TPSA) is 92.4 Å². The van der Waals surface area contributed by atoms with Crippen LogP contribution in [0.2, 0.25) is 0 Å². The fraction of sp³-hybridized carbons (Fsp3) is 0.167. The summed E-state index contributed by atoms with van der Waals surface area (Å²) in [5.41, 5.74) is 5.54. The molecule has 0 saturated heterocycles. The predicted octanol–water partition coefficient (Wildman–Crippen LogP) is 0.536. The highest BCUT2D eigenvalue weighted by molar-refractivity contribution is 7.17. The third kappa shape index (κ3) is 2.49. The Labute approximate surface area is 107 Å². The van der Waals surface area contributed by atoms with E-state index in [1.165, 1.54) is 11.3 Å². The lowest BCUT2D eigenvalue weighted by Gasteiger charge is -2.10. The minimum absolute atomic E-state index is 0.0392. The van der Waals surface area contributed by atoms with Crippen molar-refractivity contribution in [1.82, 2.24) is 5.32 Å². The van der Waals surface area contributed by atoms with Crippen molar-refractivity contribution in [2.24, 2.45) is 5.73 Å². The van der Waals surface area contributed by atoms with Gasteiger partial charge in [0.15, 0.2) is 0 Å². The summed E-state index contributed by atoms with van der Waals surface area (Å²) in [5, 5.41) is 15.0. The van der Waals surface area contributed by atoms with E-state index >= 15 is 0 Å². The fourth-order valence-electron chi connectivity index (χ4n) is 1.64. The number of carbonyl (C=O) groups excluding carboxylic acids is 2. The number of aliphatic hydroxyl groups is 1. The number of fused-ring (bicyclic) bond motifs is 1. The summed E-state index contributed by atoms with van der Waals surface area (Å²) in [6.07, 6.45) is -0.857. The molecular weight excluding hydrogens is 252 g/mol. The first kappa shape index (κ1) is 12.5. The Morgan fingerprint density at radius 2 is 2.11 bits per heavy atom. The molecule has 1 aromatic carbocycles. The summed E-state index contributed by atoms with van der Waals surface area (Å²) in [6, 6.07) is 7.66. The largest absolute Gasteiger partial charge is 0.387 e. The van der Waals surface area contributed by atoms with E-state index < -0.39 is 17.9 Å². The van der Waals surface area contributed by atoms with Gasteiger partial charge in [0.05, 0.1) is 6.10 Å². The molecule has 0 saturated carbocycles. The Morgan fingerprint density at radius 1 is 1.39 bits per heavy atom. The number of benzene rings is 1. The van der Waals surface area contributed by atoms with Gasteiger partial charge in [0, 0.05) is 16.8 Å². The SMILES string of the molecule is NC(=O)C(=O)NC[C@@H](O)c1csc2ccccc12. The molecule has 0 aliphatic heterocycles. The molecule has 4 N–H and O–H groups in total. The monoisotopic (exact) mass is 264 g/mol. The van der Waals surface area contributed by atoms with Gasteiger partial charge in [-0.2, -0.15) is 0 Å². The average Bonchev–Trinajstić information content (AvgIpc) is 2.79. The van der Waals surface area contributed by atoms with Gasteiger partial charge in [-0.25, -0.2) is 0 Å². The molecule has 94 valence electrons. The molecule has 0 unspecified atom stereocenters. The normalized spacial score (nSPS) is 12.3. The van der Waals surface area contributed by atoms with Gasteiger partial charge in [-0.05, 0) is 16.8 Å². The quantitative estimate of drug-likeness (QED) is 0.706. The molecule has 0 aliphatic rings. The van der Waals surface area contributed by atoms with E-state index in [9.17, 15) is 14.7 Å². The summed E-state index contributed by atoms with van der Waals surface area (Å²) in [7, 11) is 0. The third-order valence-electron chi connectivity index (χ3n) is 2.55. The molecule has 0 aliphatic carbocycles. The number of amides is 2. The molecule has 0 radical (unpaired) electrons. The second-order valence-electron chi connectivity index (χ2n) is 3.78. The van der Waals surface area contributed by atoms with Crippen LogP contribution in [0.3, 0.4) is 0 Å². The lowest BCUT2D eigenvalue weighted by atomic mass is 10.1. The highest BCUT2D eigenvalue weighted by atomic mass is 32.1. The Hall–Kier alpha value is -1.92. The molecule has 5 nitrogen and oxygen atoms in total. The molecule has 6 heteroatoms. The second-order valence-corrected chi connectivity index (χ2v) is 4.69. The summed E-state index contributed by atoms with van der Waals surface area (Å²) in [6.45, 7) is -0.0392. The van der Waals surface area contributed by atoms with Crippen molar-refractivity contribution >= 4 is 33.2 Å². The van der Waals surface area contributed by atoms with Crippen LogP contribution < -0.4 is 11.1 Å². The van der Waals surface area contributed by atoms with E-state index in [-0.39, 0.29) is 6.54 Å². The van der Waals surface area contributed by atoms with Gasteiger partial charge in [-0.15, -0.1) is 11.3 Å². The molecule has 2 rings (SSSR count). The van der Waals surface area contributed by atoms with Crippen LogP contribution in [0.15, 0.2) is 29.6 Å². The molecule has 0 fully saturated rings. The van der Waals surface area contributed by atoms with Crippen molar-refractivity contribution in [3.8, 4) is 0 Å². The number of aliphatic hydroxyl groups excluding tert-OH is 1. The number of nitrogens with two attached hydrogens (primary N) is 1. The number of thiophene rings is 1. The minimum Gasteiger partial charge on any atom is -0.387 e. The van der Waals surface area contributed by atoms with Gasteiger partial charge in [0.25, 0.3) is 0 Å². The molecule has 1 aromatic heterocycles. The summed E-state index contributed by atoms with van der Waals surface area (Å²) < 4.78 is 1.06. The zero-order valence-corrected chi connectivity index (χ0v) is 10.2. The second kappa shape index (κ2) is 5.16. The molecule has 1 atom stereocenters. The van der Waals surface area contributed by atoms with Crippen LogP contribution >= 0.6 is 11.3 Å². The first-order valence-corrected chi connectivity index (χ1v) is 6.19. The highest BCUT2D eigenvalue weighted by Gasteiger charge is 2.15. The first-order valence-electron chi connectivity index (χ1n) is 5.31. The molecule has 2 amide bonds. The van der Waals surface area contributed by atoms with Crippen molar-refractivity contribution in [3.63, 3.8) is 0 Å². The Kier molecular flexibility index (Phi) is 3.59. The minimum atomic E-state index is -1.06. The van der Waals surface area contributed by atoms with Gasteiger partial charge in [0.2, 0.25) is 0 Å². The van der Waals surface area contributed by atoms with Gasteiger partial charge >= 0.3 is 11.8 Å². The number of hydrogen-bond donors (Lipinski definition) is 3. The van der Waals surface area contributed by atoms with E-state index in [0.29, 0.717) is 0 Å². The standard InChI is InChI=1S/C12H12N2O3S/c13-11(16)12(17)14-5-9(15)8-6-18-10-4-2-1-3-7(8)10/h1-4,6,9,15H,5H2,(H2,13,16)(H,14,17)/t9-/m1/s1. The number of rotatable bonds is 3. The van der Waals surface area contributed by atoms with Crippen LogP contribution in [0, 0.1) is 0 Å². The van der Waals surface area contributed by atoms with Crippen LogP contribution in [0.1, 0.15) is 11.7 Å². The van der Waals surface area contributed by atoms with Crippen molar-refractivity contribution in [3.05, 3.63) is 35.2 Å². The van der Waals surface area contributed by atoms with E-state index in [0.717, 1.165) is 15.6 Å². The van der Waals surface area contributed by atoms with Crippen LogP contribution in [-0.2, 0) is 9.59 Å². The Morgan fingerprint density at radius 3 is 2.83 bits per heavy atom. The average molecular weight is 264 g/mol.